The molecule has 0 bridgehead atoms. The molecule has 0 radical (unpaired) electrons. The van der Waals surface area contributed by atoms with Gasteiger partial charge in [-0.05, 0) is 61.5 Å². The van der Waals surface area contributed by atoms with Gasteiger partial charge in [-0.2, -0.15) is 13.2 Å². The van der Waals surface area contributed by atoms with Crippen molar-refractivity contribution >= 4 is 15.7 Å². The highest BCUT2D eigenvalue weighted by atomic mass is 32.2. The van der Waals surface area contributed by atoms with Crippen molar-refractivity contribution in [3.63, 3.8) is 0 Å². The molecule has 0 atom stereocenters. The van der Waals surface area contributed by atoms with Crippen molar-refractivity contribution in [2.75, 3.05) is 4.72 Å². The van der Waals surface area contributed by atoms with Gasteiger partial charge in [0.05, 0.1) is 10.5 Å². The molecule has 3 aromatic rings. The fourth-order valence-electron chi connectivity index (χ4n) is 2.39. The molecule has 3 rings (SSSR count). The lowest BCUT2D eigenvalue weighted by Crippen LogP contribution is -2.12. The maximum Gasteiger partial charge on any atom is 0.416 e. The first-order valence-electron chi connectivity index (χ1n) is 8.18. The standard InChI is InChI=1S/C20H16F3NO3S/c1-14-5-11-19(12-6-14)28(25,26)24-16-7-9-17(10-8-16)27-18-4-2-3-15(13-18)20(21,22)23/h2-13,24H,1H3. The molecule has 8 heteroatoms. The summed E-state index contributed by atoms with van der Waals surface area (Å²) in [5.41, 5.74) is 0.430. The highest BCUT2D eigenvalue weighted by Crippen LogP contribution is 2.33. The van der Waals surface area contributed by atoms with Gasteiger partial charge in [0.1, 0.15) is 11.5 Å². The summed E-state index contributed by atoms with van der Waals surface area (Å²) in [5, 5.41) is 0. The Kier molecular flexibility index (Phi) is 5.33. The zero-order valence-corrected chi connectivity index (χ0v) is 15.5. The maximum absolute atomic E-state index is 12.8. The molecule has 0 fully saturated rings. The van der Waals surface area contributed by atoms with Crippen LogP contribution in [0, 0.1) is 6.92 Å². The van der Waals surface area contributed by atoms with Crippen LogP contribution in [0.2, 0.25) is 0 Å². The lowest BCUT2D eigenvalue weighted by Gasteiger charge is -2.11. The molecule has 3 aromatic carbocycles. The number of nitrogens with one attached hydrogen (secondary N) is 1. The minimum absolute atomic E-state index is 0.0304. The molecule has 0 unspecified atom stereocenters. The summed E-state index contributed by atoms with van der Waals surface area (Å²) in [7, 11) is -3.74. The largest absolute Gasteiger partial charge is 0.457 e. The van der Waals surface area contributed by atoms with Gasteiger partial charge in [-0.3, -0.25) is 4.72 Å². The Morgan fingerprint density at radius 1 is 0.857 bits per heavy atom. The van der Waals surface area contributed by atoms with E-state index in [2.05, 4.69) is 4.72 Å². The second-order valence-corrected chi connectivity index (χ2v) is 7.75. The molecule has 146 valence electrons. The van der Waals surface area contributed by atoms with Crippen molar-refractivity contribution < 1.29 is 26.3 Å². The third-order valence-corrected chi connectivity index (χ3v) is 5.23. The molecule has 1 N–H and O–H groups in total. The average Bonchev–Trinajstić information content (AvgIpc) is 2.63. The van der Waals surface area contributed by atoms with E-state index < -0.39 is 21.8 Å². The Balaban J connectivity index is 1.73. The van der Waals surface area contributed by atoms with Crippen molar-refractivity contribution in [1.82, 2.24) is 0 Å². The van der Waals surface area contributed by atoms with E-state index in [1.165, 1.54) is 48.5 Å². The predicted octanol–water partition coefficient (Wildman–Crippen LogP) is 5.61. The summed E-state index contributed by atoms with van der Waals surface area (Å²) in [6.07, 6.45) is -4.46. The van der Waals surface area contributed by atoms with Gasteiger partial charge in [-0.25, -0.2) is 8.42 Å². The van der Waals surface area contributed by atoms with Crippen molar-refractivity contribution in [2.24, 2.45) is 0 Å². The van der Waals surface area contributed by atoms with Crippen LogP contribution in [0.5, 0.6) is 11.5 Å². The molecule has 0 saturated heterocycles. The van der Waals surface area contributed by atoms with E-state index in [9.17, 15) is 21.6 Å². The number of anilines is 1. The average molecular weight is 407 g/mol. The molecule has 4 nitrogen and oxygen atoms in total. The number of halogens is 3. The van der Waals surface area contributed by atoms with Gasteiger partial charge in [-0.15, -0.1) is 0 Å². The van der Waals surface area contributed by atoms with Crippen LogP contribution < -0.4 is 9.46 Å². The van der Waals surface area contributed by atoms with E-state index in [4.69, 9.17) is 4.74 Å². The number of ether oxygens (including phenoxy) is 1. The number of hydrogen-bond donors (Lipinski definition) is 1. The van der Waals surface area contributed by atoms with Crippen LogP contribution in [-0.4, -0.2) is 8.42 Å². The first-order valence-corrected chi connectivity index (χ1v) is 9.66. The summed E-state index contributed by atoms with van der Waals surface area (Å²) >= 11 is 0. The summed E-state index contributed by atoms with van der Waals surface area (Å²) in [6, 6.07) is 16.8. The molecule has 0 heterocycles. The Bertz CT molecular complexity index is 1060. The smallest absolute Gasteiger partial charge is 0.416 e. The Hall–Kier alpha value is -3.00. The SMILES string of the molecule is Cc1ccc(S(=O)(=O)Nc2ccc(Oc3cccc(C(F)(F)F)c3)cc2)cc1. The maximum atomic E-state index is 12.8. The van der Waals surface area contributed by atoms with Gasteiger partial charge in [0, 0.05) is 5.69 Å². The van der Waals surface area contributed by atoms with Gasteiger partial charge in [0.2, 0.25) is 0 Å². The van der Waals surface area contributed by atoms with Crippen molar-refractivity contribution in [3.05, 3.63) is 83.9 Å². The summed E-state index contributed by atoms with van der Waals surface area (Å²) in [5.74, 6) is 0.306. The van der Waals surface area contributed by atoms with Gasteiger partial charge in [0.15, 0.2) is 0 Å². The third-order valence-electron chi connectivity index (χ3n) is 3.83. The van der Waals surface area contributed by atoms with Crippen molar-refractivity contribution in [1.29, 1.82) is 0 Å². The molecular formula is C20H16F3NO3S. The quantitative estimate of drug-likeness (QED) is 0.598. The number of hydrogen-bond acceptors (Lipinski definition) is 3. The summed E-state index contributed by atoms with van der Waals surface area (Å²) < 4.78 is 70.9. The van der Waals surface area contributed by atoms with Gasteiger partial charge in [0.25, 0.3) is 10.0 Å². The molecule has 0 aliphatic rings. The van der Waals surface area contributed by atoms with Gasteiger partial charge < -0.3 is 4.74 Å². The lowest BCUT2D eigenvalue weighted by molar-refractivity contribution is -0.137. The van der Waals surface area contributed by atoms with Gasteiger partial charge >= 0.3 is 6.18 Å². The summed E-state index contributed by atoms with van der Waals surface area (Å²) in [4.78, 5) is 0.127. The van der Waals surface area contributed by atoms with E-state index >= 15 is 0 Å². The van der Waals surface area contributed by atoms with Crippen molar-refractivity contribution in [2.45, 2.75) is 18.0 Å². The van der Waals surface area contributed by atoms with Crippen LogP contribution in [-0.2, 0) is 16.2 Å². The third kappa shape index (κ3) is 4.83. The second kappa shape index (κ2) is 7.55. The number of alkyl halides is 3. The molecule has 0 aromatic heterocycles. The Labute approximate surface area is 160 Å². The topological polar surface area (TPSA) is 55.4 Å². The van der Waals surface area contributed by atoms with Crippen LogP contribution in [0.3, 0.4) is 0 Å². The van der Waals surface area contributed by atoms with Crippen LogP contribution in [0.15, 0.2) is 77.7 Å². The highest BCUT2D eigenvalue weighted by molar-refractivity contribution is 7.92. The molecule has 0 amide bonds. The van der Waals surface area contributed by atoms with Crippen LogP contribution in [0.4, 0.5) is 18.9 Å². The van der Waals surface area contributed by atoms with E-state index in [1.807, 2.05) is 6.92 Å². The zero-order chi connectivity index (χ0) is 20.4. The predicted molar refractivity (Wildman–Crippen MR) is 99.9 cm³/mol. The van der Waals surface area contributed by atoms with E-state index in [1.54, 1.807) is 12.1 Å². The van der Waals surface area contributed by atoms with Crippen LogP contribution in [0.1, 0.15) is 11.1 Å². The fourth-order valence-corrected chi connectivity index (χ4v) is 3.45. The highest BCUT2D eigenvalue weighted by Gasteiger charge is 2.30. The second-order valence-electron chi connectivity index (χ2n) is 6.07. The number of rotatable bonds is 5. The first-order chi connectivity index (χ1) is 13.1. The zero-order valence-electron chi connectivity index (χ0n) is 14.7. The fraction of sp³-hybridized carbons (Fsp3) is 0.100. The Morgan fingerprint density at radius 2 is 1.50 bits per heavy atom. The molecule has 0 aliphatic carbocycles. The molecular weight excluding hydrogens is 391 g/mol. The minimum Gasteiger partial charge on any atom is -0.457 e. The van der Waals surface area contributed by atoms with Crippen LogP contribution in [0.25, 0.3) is 0 Å². The monoisotopic (exact) mass is 407 g/mol. The van der Waals surface area contributed by atoms with E-state index in [0.29, 0.717) is 5.69 Å². The van der Waals surface area contributed by atoms with E-state index in [0.717, 1.165) is 17.7 Å². The molecule has 0 spiro atoms. The number of sulfonamides is 1. The minimum atomic E-state index is -4.46. The molecule has 0 saturated carbocycles. The van der Waals surface area contributed by atoms with Crippen LogP contribution >= 0.6 is 0 Å². The van der Waals surface area contributed by atoms with Gasteiger partial charge in [-0.1, -0.05) is 23.8 Å². The summed E-state index contributed by atoms with van der Waals surface area (Å²) in [6.45, 7) is 1.85. The van der Waals surface area contributed by atoms with E-state index in [-0.39, 0.29) is 16.4 Å². The lowest BCUT2D eigenvalue weighted by atomic mass is 10.2. The molecule has 0 aliphatic heterocycles. The normalized spacial score (nSPS) is 11.9. The number of benzene rings is 3. The number of aryl methyl sites for hydroxylation is 1. The van der Waals surface area contributed by atoms with Crippen molar-refractivity contribution in [3.8, 4) is 11.5 Å². The Morgan fingerprint density at radius 3 is 2.11 bits per heavy atom. The first kappa shape index (κ1) is 19.8. The molecule has 28 heavy (non-hydrogen) atoms.